The lowest BCUT2D eigenvalue weighted by Crippen LogP contribution is -2.23. The standard InChI is InChI=1S/C16H21N3O2/c1-3-4-14(20-2)15-18-16(21-19-15)12-6-5-11-7-8-17-10-13(11)9-12/h5-6,9,14,17H,3-4,7-8,10H2,1-2H3. The van der Waals surface area contributed by atoms with E-state index < -0.39 is 0 Å². The number of hydrogen-bond acceptors (Lipinski definition) is 5. The van der Waals surface area contributed by atoms with Gasteiger partial charge >= 0.3 is 0 Å². The molecule has 2 aromatic rings. The Kier molecular flexibility index (Phi) is 4.31. The molecule has 1 unspecified atom stereocenters. The van der Waals surface area contributed by atoms with Crippen LogP contribution in [0, 0.1) is 0 Å². The number of ether oxygens (including phenoxy) is 1. The van der Waals surface area contributed by atoms with Crippen molar-refractivity contribution in [2.24, 2.45) is 0 Å². The molecule has 0 aliphatic carbocycles. The van der Waals surface area contributed by atoms with Gasteiger partial charge in [-0.3, -0.25) is 0 Å². The van der Waals surface area contributed by atoms with Crippen molar-refractivity contribution >= 4 is 0 Å². The van der Waals surface area contributed by atoms with Gasteiger partial charge in [-0.05, 0) is 42.6 Å². The van der Waals surface area contributed by atoms with Gasteiger partial charge in [-0.2, -0.15) is 4.98 Å². The number of nitrogens with zero attached hydrogens (tertiary/aromatic N) is 2. The maximum absolute atomic E-state index is 5.42. The van der Waals surface area contributed by atoms with Crippen molar-refractivity contribution in [3.8, 4) is 11.5 Å². The average molecular weight is 287 g/mol. The summed E-state index contributed by atoms with van der Waals surface area (Å²) in [7, 11) is 1.68. The van der Waals surface area contributed by atoms with E-state index in [1.54, 1.807) is 7.11 Å². The fourth-order valence-corrected chi connectivity index (χ4v) is 2.71. The van der Waals surface area contributed by atoms with E-state index in [1.165, 1.54) is 11.1 Å². The molecule has 0 spiro atoms. The molecule has 0 amide bonds. The summed E-state index contributed by atoms with van der Waals surface area (Å²) in [5.74, 6) is 1.20. The van der Waals surface area contributed by atoms with E-state index in [9.17, 15) is 0 Å². The molecule has 1 aliphatic heterocycles. The van der Waals surface area contributed by atoms with Crippen LogP contribution >= 0.6 is 0 Å². The highest BCUT2D eigenvalue weighted by Gasteiger charge is 2.18. The number of fused-ring (bicyclic) bond motifs is 1. The lowest BCUT2D eigenvalue weighted by molar-refractivity contribution is 0.0854. The molecule has 0 fully saturated rings. The molecular weight excluding hydrogens is 266 g/mol. The highest BCUT2D eigenvalue weighted by molar-refractivity contribution is 5.56. The molecule has 3 rings (SSSR count). The van der Waals surface area contributed by atoms with E-state index in [1.807, 2.05) is 0 Å². The summed E-state index contributed by atoms with van der Waals surface area (Å²) < 4.78 is 10.8. The summed E-state index contributed by atoms with van der Waals surface area (Å²) in [4.78, 5) is 4.50. The number of hydrogen-bond donors (Lipinski definition) is 1. The zero-order valence-electron chi connectivity index (χ0n) is 12.6. The predicted molar refractivity (Wildman–Crippen MR) is 79.8 cm³/mol. The van der Waals surface area contributed by atoms with Crippen molar-refractivity contribution in [3.63, 3.8) is 0 Å². The van der Waals surface area contributed by atoms with Crippen molar-refractivity contribution in [1.82, 2.24) is 15.5 Å². The maximum atomic E-state index is 5.42. The Hall–Kier alpha value is -1.72. The van der Waals surface area contributed by atoms with Gasteiger partial charge in [0.05, 0.1) is 0 Å². The molecule has 1 aromatic heterocycles. The van der Waals surface area contributed by atoms with Crippen molar-refractivity contribution in [2.45, 2.75) is 38.8 Å². The third-order valence-corrected chi connectivity index (χ3v) is 3.90. The molecule has 0 saturated heterocycles. The van der Waals surface area contributed by atoms with Crippen molar-refractivity contribution in [1.29, 1.82) is 0 Å². The van der Waals surface area contributed by atoms with E-state index in [4.69, 9.17) is 9.26 Å². The maximum Gasteiger partial charge on any atom is 0.258 e. The lowest BCUT2D eigenvalue weighted by atomic mass is 9.98. The fraction of sp³-hybridized carbons (Fsp3) is 0.500. The Bertz CT molecular complexity index is 609. The Morgan fingerprint density at radius 2 is 2.29 bits per heavy atom. The SMILES string of the molecule is CCCC(OC)c1noc(-c2ccc3c(c2)CNCC3)n1. The van der Waals surface area contributed by atoms with Gasteiger partial charge in [0, 0.05) is 19.2 Å². The van der Waals surface area contributed by atoms with Gasteiger partial charge in [-0.1, -0.05) is 24.6 Å². The summed E-state index contributed by atoms with van der Waals surface area (Å²) >= 11 is 0. The topological polar surface area (TPSA) is 60.2 Å². The Labute approximate surface area is 124 Å². The predicted octanol–water partition coefficient (Wildman–Crippen LogP) is 2.87. The van der Waals surface area contributed by atoms with E-state index in [-0.39, 0.29) is 6.10 Å². The normalized spacial score (nSPS) is 15.7. The first-order valence-corrected chi connectivity index (χ1v) is 7.51. The minimum atomic E-state index is -0.0909. The molecule has 5 nitrogen and oxygen atoms in total. The third-order valence-electron chi connectivity index (χ3n) is 3.90. The summed E-state index contributed by atoms with van der Waals surface area (Å²) in [5, 5.41) is 7.45. The van der Waals surface area contributed by atoms with E-state index in [0.717, 1.165) is 37.9 Å². The molecule has 0 radical (unpaired) electrons. The van der Waals surface area contributed by atoms with Crippen LogP contribution in [0.5, 0.6) is 0 Å². The highest BCUT2D eigenvalue weighted by atomic mass is 16.5. The second-order valence-electron chi connectivity index (χ2n) is 5.38. The van der Waals surface area contributed by atoms with Crippen molar-refractivity contribution < 1.29 is 9.26 Å². The number of aromatic nitrogens is 2. The molecule has 5 heteroatoms. The Morgan fingerprint density at radius 3 is 3.10 bits per heavy atom. The van der Waals surface area contributed by atoms with Crippen molar-refractivity contribution in [3.05, 3.63) is 35.2 Å². The summed E-state index contributed by atoms with van der Waals surface area (Å²) in [6.45, 7) is 4.06. The van der Waals surface area contributed by atoms with Crippen LogP contribution in [0.3, 0.4) is 0 Å². The molecule has 2 heterocycles. The first-order valence-electron chi connectivity index (χ1n) is 7.51. The number of methoxy groups -OCH3 is 1. The van der Waals surface area contributed by atoms with Crippen LogP contribution in [0.2, 0.25) is 0 Å². The molecular formula is C16H21N3O2. The van der Waals surface area contributed by atoms with Crippen molar-refractivity contribution in [2.75, 3.05) is 13.7 Å². The van der Waals surface area contributed by atoms with Crippen LogP contribution in [-0.4, -0.2) is 23.8 Å². The average Bonchev–Trinajstić information content (AvgIpc) is 3.02. The highest BCUT2D eigenvalue weighted by Crippen LogP contribution is 2.26. The van der Waals surface area contributed by atoms with Gasteiger partial charge in [-0.15, -0.1) is 0 Å². The van der Waals surface area contributed by atoms with Gasteiger partial charge in [0.15, 0.2) is 0 Å². The molecule has 1 atom stereocenters. The molecule has 1 aliphatic rings. The van der Waals surface area contributed by atoms with Gasteiger partial charge < -0.3 is 14.6 Å². The monoisotopic (exact) mass is 287 g/mol. The van der Waals surface area contributed by atoms with E-state index in [2.05, 4.69) is 40.6 Å². The van der Waals surface area contributed by atoms with Crippen LogP contribution < -0.4 is 5.32 Å². The van der Waals surface area contributed by atoms with E-state index in [0.29, 0.717) is 11.7 Å². The van der Waals surface area contributed by atoms with Gasteiger partial charge in [0.25, 0.3) is 5.89 Å². The number of rotatable bonds is 5. The second kappa shape index (κ2) is 6.37. The van der Waals surface area contributed by atoms with E-state index >= 15 is 0 Å². The number of nitrogens with one attached hydrogen (secondary N) is 1. The lowest BCUT2D eigenvalue weighted by Gasteiger charge is -2.17. The molecule has 0 bridgehead atoms. The van der Waals surface area contributed by atoms with Crippen LogP contribution in [0.4, 0.5) is 0 Å². The summed E-state index contributed by atoms with van der Waals surface area (Å²) in [6.07, 6.45) is 2.90. The molecule has 1 N–H and O–H groups in total. The smallest absolute Gasteiger partial charge is 0.258 e. The van der Waals surface area contributed by atoms with Crippen LogP contribution in [-0.2, 0) is 17.7 Å². The Morgan fingerprint density at radius 1 is 1.38 bits per heavy atom. The van der Waals surface area contributed by atoms with Crippen LogP contribution in [0.15, 0.2) is 22.7 Å². The first kappa shape index (κ1) is 14.2. The first-order chi connectivity index (χ1) is 10.3. The minimum absolute atomic E-state index is 0.0909. The molecule has 0 saturated carbocycles. The van der Waals surface area contributed by atoms with Gasteiger partial charge in [0.2, 0.25) is 5.82 Å². The van der Waals surface area contributed by atoms with Gasteiger partial charge in [-0.25, -0.2) is 0 Å². The van der Waals surface area contributed by atoms with Crippen LogP contribution in [0.25, 0.3) is 11.5 Å². The third kappa shape index (κ3) is 2.99. The summed E-state index contributed by atoms with van der Waals surface area (Å²) in [5.41, 5.74) is 3.69. The largest absolute Gasteiger partial charge is 0.373 e. The zero-order chi connectivity index (χ0) is 14.7. The minimum Gasteiger partial charge on any atom is -0.373 e. The Balaban J connectivity index is 1.85. The second-order valence-corrected chi connectivity index (χ2v) is 5.38. The quantitative estimate of drug-likeness (QED) is 0.916. The molecule has 1 aromatic carbocycles. The summed E-state index contributed by atoms with van der Waals surface area (Å²) in [6, 6.07) is 6.36. The fourth-order valence-electron chi connectivity index (χ4n) is 2.71. The van der Waals surface area contributed by atoms with Gasteiger partial charge in [0.1, 0.15) is 6.10 Å². The van der Waals surface area contributed by atoms with Crippen LogP contribution in [0.1, 0.15) is 42.8 Å². The molecule has 112 valence electrons. The number of benzene rings is 1. The molecule has 21 heavy (non-hydrogen) atoms. The zero-order valence-corrected chi connectivity index (χ0v) is 12.6.